The lowest BCUT2D eigenvalue weighted by Gasteiger charge is -2.18. The highest BCUT2D eigenvalue weighted by atomic mass is 19.4. The highest BCUT2D eigenvalue weighted by molar-refractivity contribution is 6.01. The molecule has 120 valence electrons. The molecular formula is C13H14F3N3O3. The summed E-state index contributed by atoms with van der Waals surface area (Å²) in [5.74, 6) is -1.27. The van der Waals surface area contributed by atoms with Gasteiger partial charge in [0.2, 0.25) is 11.8 Å². The number of carbonyl (C=O) groups is 2. The first-order valence-electron chi connectivity index (χ1n) is 6.47. The number of halogens is 3. The Bertz CT molecular complexity index is 577. The van der Waals surface area contributed by atoms with E-state index in [0.29, 0.717) is 6.42 Å². The highest BCUT2D eigenvalue weighted by Crippen LogP contribution is 2.28. The van der Waals surface area contributed by atoms with Gasteiger partial charge in [0, 0.05) is 18.3 Å². The van der Waals surface area contributed by atoms with E-state index in [0.717, 1.165) is 12.1 Å². The number of anilines is 1. The third-order valence-corrected chi connectivity index (χ3v) is 3.09. The van der Waals surface area contributed by atoms with E-state index in [9.17, 15) is 22.8 Å². The molecule has 1 aliphatic heterocycles. The molecule has 2 amide bonds. The van der Waals surface area contributed by atoms with E-state index in [-0.39, 0.29) is 18.8 Å². The monoisotopic (exact) mass is 317 g/mol. The van der Waals surface area contributed by atoms with Crippen molar-refractivity contribution in [1.82, 2.24) is 5.32 Å². The van der Waals surface area contributed by atoms with Gasteiger partial charge >= 0.3 is 6.36 Å². The quantitative estimate of drug-likeness (QED) is 0.859. The third-order valence-electron chi connectivity index (χ3n) is 3.09. The zero-order chi connectivity index (χ0) is 16.3. The van der Waals surface area contributed by atoms with Crippen LogP contribution in [0.25, 0.3) is 0 Å². The fourth-order valence-electron chi connectivity index (χ4n) is 2.17. The zero-order valence-corrected chi connectivity index (χ0v) is 11.4. The first kappa shape index (κ1) is 16.1. The number of nitrogens with one attached hydrogen (secondary N) is 1. The lowest BCUT2D eigenvalue weighted by atomic mass is 10.2. The summed E-state index contributed by atoms with van der Waals surface area (Å²) in [5, 5.41) is 2.46. The molecule has 1 aliphatic rings. The van der Waals surface area contributed by atoms with Crippen LogP contribution in [-0.4, -0.2) is 37.3 Å². The normalized spacial score (nSPS) is 18.5. The van der Waals surface area contributed by atoms with Crippen molar-refractivity contribution in [3.05, 3.63) is 24.3 Å². The van der Waals surface area contributed by atoms with Crippen LogP contribution in [0, 0.1) is 0 Å². The average molecular weight is 317 g/mol. The minimum atomic E-state index is -4.80. The maximum Gasteiger partial charge on any atom is 0.573 e. The van der Waals surface area contributed by atoms with Crippen molar-refractivity contribution >= 4 is 17.5 Å². The minimum absolute atomic E-state index is 0.237. The summed E-state index contributed by atoms with van der Waals surface area (Å²) in [6, 6.07) is 4.40. The highest BCUT2D eigenvalue weighted by Gasteiger charge is 2.34. The van der Waals surface area contributed by atoms with Crippen molar-refractivity contribution in [2.75, 3.05) is 18.0 Å². The van der Waals surface area contributed by atoms with E-state index in [1.165, 1.54) is 17.0 Å². The van der Waals surface area contributed by atoms with Crippen LogP contribution < -0.4 is 20.7 Å². The Morgan fingerprint density at radius 1 is 1.45 bits per heavy atom. The summed E-state index contributed by atoms with van der Waals surface area (Å²) in [4.78, 5) is 24.7. The van der Waals surface area contributed by atoms with E-state index in [4.69, 9.17) is 5.73 Å². The second kappa shape index (κ2) is 6.22. The van der Waals surface area contributed by atoms with Gasteiger partial charge in [-0.25, -0.2) is 0 Å². The molecular weight excluding hydrogens is 303 g/mol. The van der Waals surface area contributed by atoms with Gasteiger partial charge in [-0.05, 0) is 18.6 Å². The number of hydrogen-bond donors (Lipinski definition) is 2. The smallest absolute Gasteiger partial charge is 0.406 e. The standard InChI is InChI=1S/C13H14F3N3O3/c14-13(15,16)22-9-3-1-2-8(6-9)19-5-4-10(12(19)21)18-11(20)7-17/h1-3,6,10H,4-5,7,17H2,(H,18,20). The molecule has 1 saturated heterocycles. The summed E-state index contributed by atoms with van der Waals surface area (Å²) in [6.07, 6.45) is -4.44. The first-order valence-corrected chi connectivity index (χ1v) is 6.47. The predicted molar refractivity (Wildman–Crippen MR) is 71.1 cm³/mol. The lowest BCUT2D eigenvalue weighted by molar-refractivity contribution is -0.274. The molecule has 0 aromatic heterocycles. The van der Waals surface area contributed by atoms with E-state index in [1.807, 2.05) is 0 Å². The van der Waals surface area contributed by atoms with Crippen molar-refractivity contribution in [3.63, 3.8) is 0 Å². The number of nitrogens with zero attached hydrogens (tertiary/aromatic N) is 1. The Morgan fingerprint density at radius 3 is 2.82 bits per heavy atom. The van der Waals surface area contributed by atoms with Gasteiger partial charge in [0.05, 0.1) is 6.54 Å². The van der Waals surface area contributed by atoms with Crippen LogP contribution >= 0.6 is 0 Å². The number of amides is 2. The number of carbonyl (C=O) groups excluding carboxylic acids is 2. The van der Waals surface area contributed by atoms with Gasteiger partial charge < -0.3 is 20.7 Å². The van der Waals surface area contributed by atoms with E-state index in [2.05, 4.69) is 10.1 Å². The SMILES string of the molecule is NCC(=O)NC1CCN(c2cccc(OC(F)(F)F)c2)C1=O. The summed E-state index contributed by atoms with van der Waals surface area (Å²) in [6.45, 7) is 0.0442. The number of ether oxygens (including phenoxy) is 1. The Labute approximate surface area is 124 Å². The molecule has 0 radical (unpaired) electrons. The number of alkyl halides is 3. The van der Waals surface area contributed by atoms with Gasteiger partial charge in [-0.2, -0.15) is 0 Å². The van der Waals surface area contributed by atoms with Gasteiger partial charge in [0.1, 0.15) is 11.8 Å². The maximum atomic E-state index is 12.2. The van der Waals surface area contributed by atoms with Crippen LogP contribution in [-0.2, 0) is 9.59 Å². The molecule has 0 spiro atoms. The molecule has 1 fully saturated rings. The molecule has 0 bridgehead atoms. The molecule has 22 heavy (non-hydrogen) atoms. The van der Waals surface area contributed by atoms with Crippen LogP contribution in [0.1, 0.15) is 6.42 Å². The van der Waals surface area contributed by atoms with Crippen LogP contribution in [0.2, 0.25) is 0 Å². The molecule has 3 N–H and O–H groups in total. The van der Waals surface area contributed by atoms with Gasteiger partial charge in [0.25, 0.3) is 0 Å². The second-order valence-corrected chi connectivity index (χ2v) is 4.65. The fraction of sp³-hybridized carbons (Fsp3) is 0.385. The minimum Gasteiger partial charge on any atom is -0.406 e. The van der Waals surface area contributed by atoms with Crippen LogP contribution in [0.5, 0.6) is 5.75 Å². The number of hydrogen-bond acceptors (Lipinski definition) is 4. The fourth-order valence-corrected chi connectivity index (χ4v) is 2.17. The van der Waals surface area contributed by atoms with Crippen LogP contribution in [0.4, 0.5) is 18.9 Å². The number of rotatable bonds is 4. The lowest BCUT2D eigenvalue weighted by Crippen LogP contribution is -2.43. The van der Waals surface area contributed by atoms with Crippen molar-refractivity contribution in [1.29, 1.82) is 0 Å². The maximum absolute atomic E-state index is 12.2. The van der Waals surface area contributed by atoms with Crippen LogP contribution in [0.3, 0.4) is 0 Å². The number of nitrogens with two attached hydrogens (primary N) is 1. The molecule has 6 nitrogen and oxygen atoms in total. The van der Waals surface area contributed by atoms with Gasteiger partial charge in [-0.15, -0.1) is 13.2 Å². The molecule has 0 saturated carbocycles. The Morgan fingerprint density at radius 2 is 2.18 bits per heavy atom. The first-order chi connectivity index (χ1) is 10.3. The third kappa shape index (κ3) is 3.88. The van der Waals surface area contributed by atoms with Gasteiger partial charge in [-0.3, -0.25) is 9.59 Å². The summed E-state index contributed by atoms with van der Waals surface area (Å²) in [5.41, 5.74) is 5.43. The molecule has 1 heterocycles. The van der Waals surface area contributed by atoms with E-state index in [1.54, 1.807) is 0 Å². The van der Waals surface area contributed by atoms with Gasteiger partial charge in [0.15, 0.2) is 0 Å². The van der Waals surface area contributed by atoms with Gasteiger partial charge in [-0.1, -0.05) is 6.07 Å². The molecule has 1 unspecified atom stereocenters. The largest absolute Gasteiger partial charge is 0.573 e. The Balaban J connectivity index is 2.11. The predicted octanol–water partition coefficient (Wildman–Crippen LogP) is 0.765. The second-order valence-electron chi connectivity index (χ2n) is 4.65. The Kier molecular flexibility index (Phi) is 4.55. The molecule has 1 aromatic rings. The van der Waals surface area contributed by atoms with Crippen molar-refractivity contribution in [3.8, 4) is 5.75 Å². The van der Waals surface area contributed by atoms with Crippen molar-refractivity contribution in [2.24, 2.45) is 5.73 Å². The summed E-state index contributed by atoms with van der Waals surface area (Å²) >= 11 is 0. The van der Waals surface area contributed by atoms with Crippen LogP contribution in [0.15, 0.2) is 24.3 Å². The molecule has 0 aliphatic carbocycles. The molecule has 1 aromatic carbocycles. The van der Waals surface area contributed by atoms with Crippen molar-refractivity contribution in [2.45, 2.75) is 18.8 Å². The van der Waals surface area contributed by atoms with Crippen molar-refractivity contribution < 1.29 is 27.5 Å². The van der Waals surface area contributed by atoms with E-state index >= 15 is 0 Å². The summed E-state index contributed by atoms with van der Waals surface area (Å²) in [7, 11) is 0. The zero-order valence-electron chi connectivity index (χ0n) is 11.4. The van der Waals surface area contributed by atoms with E-state index < -0.39 is 30.0 Å². The molecule has 2 rings (SSSR count). The summed E-state index contributed by atoms with van der Waals surface area (Å²) < 4.78 is 40.4. The average Bonchev–Trinajstić information content (AvgIpc) is 2.78. The topological polar surface area (TPSA) is 84.7 Å². The Hall–Kier alpha value is -2.29. The molecule has 1 atom stereocenters. The molecule has 9 heteroatoms. The number of benzene rings is 1.